The SMILES string of the molecule is CCCCCCCC1CCC(C2OCC(OC(=O)O)CO2)CC1. The third-order valence-corrected chi connectivity index (χ3v) is 5.15. The minimum absolute atomic E-state index is 0.172. The van der Waals surface area contributed by atoms with Crippen molar-refractivity contribution in [3.63, 3.8) is 0 Å². The van der Waals surface area contributed by atoms with Crippen LogP contribution in [0.3, 0.4) is 0 Å². The Labute approximate surface area is 139 Å². The largest absolute Gasteiger partial charge is 0.506 e. The van der Waals surface area contributed by atoms with Crippen molar-refractivity contribution in [1.82, 2.24) is 0 Å². The van der Waals surface area contributed by atoms with E-state index in [2.05, 4.69) is 11.7 Å². The Morgan fingerprint density at radius 1 is 1.04 bits per heavy atom. The molecule has 0 atom stereocenters. The zero-order chi connectivity index (χ0) is 16.5. The molecule has 2 aliphatic rings. The fourth-order valence-corrected chi connectivity index (χ4v) is 3.77. The third kappa shape index (κ3) is 6.68. The molecule has 1 saturated carbocycles. The lowest BCUT2D eigenvalue weighted by Crippen LogP contribution is -2.42. The Bertz CT molecular complexity index is 330. The van der Waals surface area contributed by atoms with Gasteiger partial charge in [0.15, 0.2) is 12.4 Å². The predicted molar refractivity (Wildman–Crippen MR) is 87.4 cm³/mol. The summed E-state index contributed by atoms with van der Waals surface area (Å²) in [6.45, 7) is 2.88. The zero-order valence-electron chi connectivity index (χ0n) is 14.4. The summed E-state index contributed by atoms with van der Waals surface area (Å²) in [5.74, 6) is 1.33. The van der Waals surface area contributed by atoms with Gasteiger partial charge in [-0.1, -0.05) is 45.4 Å². The van der Waals surface area contributed by atoms with Crippen LogP contribution >= 0.6 is 0 Å². The van der Waals surface area contributed by atoms with E-state index < -0.39 is 12.3 Å². The van der Waals surface area contributed by atoms with Gasteiger partial charge >= 0.3 is 6.16 Å². The predicted octanol–water partition coefficient (Wildman–Crippen LogP) is 4.59. The zero-order valence-corrected chi connectivity index (χ0v) is 14.4. The van der Waals surface area contributed by atoms with E-state index in [4.69, 9.17) is 14.6 Å². The van der Waals surface area contributed by atoms with Crippen LogP contribution in [-0.2, 0) is 14.2 Å². The number of carbonyl (C=O) groups is 1. The highest BCUT2D eigenvalue weighted by atomic mass is 16.7. The highest BCUT2D eigenvalue weighted by molar-refractivity contribution is 5.57. The maximum absolute atomic E-state index is 10.5. The second kappa shape index (κ2) is 10.1. The summed E-state index contributed by atoms with van der Waals surface area (Å²) in [4.78, 5) is 10.5. The van der Waals surface area contributed by atoms with Crippen LogP contribution in [0.25, 0.3) is 0 Å². The van der Waals surface area contributed by atoms with Crippen molar-refractivity contribution in [1.29, 1.82) is 0 Å². The van der Waals surface area contributed by atoms with Gasteiger partial charge in [0.25, 0.3) is 0 Å². The molecular formula is C18H32O5. The first-order chi connectivity index (χ1) is 11.2. The van der Waals surface area contributed by atoms with Crippen LogP contribution in [0.15, 0.2) is 0 Å². The number of carboxylic acid groups (broad SMARTS) is 1. The Morgan fingerprint density at radius 3 is 2.30 bits per heavy atom. The van der Waals surface area contributed by atoms with Crippen LogP contribution < -0.4 is 0 Å². The van der Waals surface area contributed by atoms with Gasteiger partial charge in [0.05, 0.1) is 13.2 Å². The van der Waals surface area contributed by atoms with Crippen molar-refractivity contribution in [2.45, 2.75) is 83.5 Å². The highest BCUT2D eigenvalue weighted by Crippen LogP contribution is 2.35. The number of ether oxygens (including phenoxy) is 3. The van der Waals surface area contributed by atoms with E-state index in [1.54, 1.807) is 0 Å². The van der Waals surface area contributed by atoms with Gasteiger partial charge in [-0.3, -0.25) is 0 Å². The van der Waals surface area contributed by atoms with E-state index in [1.165, 1.54) is 51.4 Å². The van der Waals surface area contributed by atoms with Crippen LogP contribution in [0.5, 0.6) is 0 Å². The molecule has 5 nitrogen and oxygen atoms in total. The molecule has 2 fully saturated rings. The van der Waals surface area contributed by atoms with E-state index >= 15 is 0 Å². The molecule has 0 radical (unpaired) electrons. The van der Waals surface area contributed by atoms with E-state index in [1.807, 2.05) is 0 Å². The first-order valence-electron chi connectivity index (χ1n) is 9.31. The van der Waals surface area contributed by atoms with Gasteiger partial charge in [0.2, 0.25) is 0 Å². The van der Waals surface area contributed by atoms with Gasteiger partial charge in [-0.05, 0) is 31.6 Å². The van der Waals surface area contributed by atoms with Crippen molar-refractivity contribution in [2.75, 3.05) is 13.2 Å². The molecule has 0 bridgehead atoms. The number of rotatable bonds is 8. The molecule has 0 spiro atoms. The molecule has 0 aromatic heterocycles. The summed E-state index contributed by atoms with van der Waals surface area (Å²) < 4.78 is 16.0. The number of unbranched alkanes of at least 4 members (excludes halogenated alkanes) is 4. The van der Waals surface area contributed by atoms with Gasteiger partial charge < -0.3 is 19.3 Å². The summed E-state index contributed by atoms with van der Waals surface area (Å²) in [7, 11) is 0. The monoisotopic (exact) mass is 328 g/mol. The number of hydrogen-bond acceptors (Lipinski definition) is 4. The fraction of sp³-hybridized carbons (Fsp3) is 0.944. The summed E-state index contributed by atoms with van der Waals surface area (Å²) >= 11 is 0. The average molecular weight is 328 g/mol. The topological polar surface area (TPSA) is 65.0 Å². The normalized spacial score (nSPS) is 31.7. The first kappa shape index (κ1) is 18.5. The summed E-state index contributed by atoms with van der Waals surface area (Å²) in [6.07, 6.45) is 11.1. The Balaban J connectivity index is 1.57. The molecule has 0 aromatic carbocycles. The summed E-state index contributed by atoms with van der Waals surface area (Å²) in [5, 5.41) is 8.59. The first-order valence-corrected chi connectivity index (χ1v) is 9.31. The summed E-state index contributed by atoms with van der Waals surface area (Å²) in [6, 6.07) is 0. The van der Waals surface area contributed by atoms with Gasteiger partial charge in [-0.15, -0.1) is 0 Å². The number of hydrogen-bond donors (Lipinski definition) is 1. The smallest absolute Gasteiger partial charge is 0.450 e. The molecule has 2 rings (SSSR count). The maximum Gasteiger partial charge on any atom is 0.506 e. The third-order valence-electron chi connectivity index (χ3n) is 5.15. The molecule has 134 valence electrons. The Morgan fingerprint density at radius 2 is 1.70 bits per heavy atom. The van der Waals surface area contributed by atoms with Crippen molar-refractivity contribution < 1.29 is 24.1 Å². The Kier molecular flexibility index (Phi) is 8.17. The second-order valence-corrected chi connectivity index (χ2v) is 7.02. The van der Waals surface area contributed by atoms with Gasteiger partial charge in [-0.2, -0.15) is 0 Å². The van der Waals surface area contributed by atoms with Crippen LogP contribution in [0, 0.1) is 11.8 Å². The van der Waals surface area contributed by atoms with Gasteiger partial charge in [-0.25, -0.2) is 4.79 Å². The van der Waals surface area contributed by atoms with E-state index in [0.29, 0.717) is 19.1 Å². The van der Waals surface area contributed by atoms with Crippen molar-refractivity contribution in [3.8, 4) is 0 Å². The van der Waals surface area contributed by atoms with Crippen molar-refractivity contribution in [3.05, 3.63) is 0 Å². The molecule has 23 heavy (non-hydrogen) atoms. The molecule has 0 amide bonds. The molecule has 1 N–H and O–H groups in total. The average Bonchev–Trinajstić information content (AvgIpc) is 2.55. The van der Waals surface area contributed by atoms with Crippen LogP contribution in [0.1, 0.15) is 71.1 Å². The van der Waals surface area contributed by atoms with E-state index in [0.717, 1.165) is 18.8 Å². The van der Waals surface area contributed by atoms with Crippen LogP contribution in [0.4, 0.5) is 4.79 Å². The summed E-state index contributed by atoms with van der Waals surface area (Å²) in [5.41, 5.74) is 0. The van der Waals surface area contributed by atoms with Crippen molar-refractivity contribution >= 4 is 6.16 Å². The molecular weight excluding hydrogens is 296 g/mol. The lowest BCUT2D eigenvalue weighted by molar-refractivity contribution is -0.243. The van der Waals surface area contributed by atoms with E-state index in [9.17, 15) is 4.79 Å². The lowest BCUT2D eigenvalue weighted by Gasteiger charge is -2.37. The van der Waals surface area contributed by atoms with Crippen LogP contribution in [0.2, 0.25) is 0 Å². The lowest BCUT2D eigenvalue weighted by atomic mass is 9.79. The molecule has 0 unspecified atom stereocenters. The minimum Gasteiger partial charge on any atom is -0.450 e. The van der Waals surface area contributed by atoms with Gasteiger partial charge in [0, 0.05) is 5.92 Å². The minimum atomic E-state index is -1.26. The highest BCUT2D eigenvalue weighted by Gasteiger charge is 2.33. The Hall–Kier alpha value is -0.810. The molecule has 1 saturated heterocycles. The van der Waals surface area contributed by atoms with Gasteiger partial charge in [0.1, 0.15) is 0 Å². The molecule has 0 aromatic rings. The molecule has 1 heterocycles. The van der Waals surface area contributed by atoms with Crippen molar-refractivity contribution in [2.24, 2.45) is 11.8 Å². The molecule has 5 heteroatoms. The molecule has 1 aliphatic carbocycles. The maximum atomic E-state index is 10.5. The fourth-order valence-electron chi connectivity index (χ4n) is 3.77. The standard InChI is InChI=1S/C18H32O5/c1-2-3-4-5-6-7-14-8-10-15(11-9-14)17-21-12-16(13-22-17)23-18(19)20/h14-17H,2-13H2,1H3,(H,19,20). The van der Waals surface area contributed by atoms with Crippen LogP contribution in [-0.4, -0.2) is 36.9 Å². The van der Waals surface area contributed by atoms with E-state index in [-0.39, 0.29) is 6.29 Å². The quantitative estimate of drug-likeness (QED) is 0.521. The second-order valence-electron chi connectivity index (χ2n) is 7.02. The molecule has 1 aliphatic heterocycles.